The van der Waals surface area contributed by atoms with Gasteiger partial charge in [-0.2, -0.15) is 0 Å². The van der Waals surface area contributed by atoms with Crippen molar-refractivity contribution < 1.29 is 0 Å². The minimum Gasteiger partial charge on any atom is -0.340 e. The number of aromatic nitrogens is 3. The Balaban J connectivity index is 1.88. The Kier molecular flexibility index (Phi) is 4.58. The van der Waals surface area contributed by atoms with E-state index in [0.717, 1.165) is 45.9 Å². The topological polar surface area (TPSA) is 42.7 Å². The SMILES string of the molecule is CCc1cccc(Nc2ncnc3c2c(C)c(C)n3-c2cccc(Cl)c2)c1. The van der Waals surface area contributed by atoms with Gasteiger partial charge >= 0.3 is 0 Å². The second-order valence-corrected chi connectivity index (χ2v) is 7.06. The fourth-order valence-corrected chi connectivity index (χ4v) is 3.61. The molecule has 27 heavy (non-hydrogen) atoms. The van der Waals surface area contributed by atoms with Gasteiger partial charge in [0, 0.05) is 22.1 Å². The number of aryl methyl sites for hydroxylation is 2. The van der Waals surface area contributed by atoms with E-state index in [-0.39, 0.29) is 0 Å². The molecule has 0 atom stereocenters. The molecule has 136 valence electrons. The van der Waals surface area contributed by atoms with Gasteiger partial charge in [-0.25, -0.2) is 9.97 Å². The van der Waals surface area contributed by atoms with Crippen LogP contribution in [-0.2, 0) is 6.42 Å². The third-order valence-corrected chi connectivity index (χ3v) is 5.19. The Morgan fingerprint density at radius 3 is 2.63 bits per heavy atom. The number of hydrogen-bond donors (Lipinski definition) is 1. The van der Waals surface area contributed by atoms with Crippen LogP contribution in [0.5, 0.6) is 0 Å². The van der Waals surface area contributed by atoms with E-state index in [1.54, 1.807) is 6.33 Å². The molecule has 0 radical (unpaired) electrons. The predicted octanol–water partition coefficient (Wildman–Crippen LogP) is 6.00. The lowest BCUT2D eigenvalue weighted by Gasteiger charge is -2.10. The van der Waals surface area contributed by atoms with Gasteiger partial charge in [-0.1, -0.05) is 36.7 Å². The number of nitrogens with zero attached hydrogens (tertiary/aromatic N) is 3. The Morgan fingerprint density at radius 2 is 1.85 bits per heavy atom. The molecule has 2 aromatic heterocycles. The van der Waals surface area contributed by atoms with E-state index in [0.29, 0.717) is 5.02 Å². The van der Waals surface area contributed by atoms with Crippen molar-refractivity contribution in [2.24, 2.45) is 0 Å². The maximum absolute atomic E-state index is 6.21. The third kappa shape index (κ3) is 3.17. The number of halogens is 1. The fraction of sp³-hybridized carbons (Fsp3) is 0.182. The summed E-state index contributed by atoms with van der Waals surface area (Å²) in [6.07, 6.45) is 2.60. The standard InChI is InChI=1S/C22H21ClN4/c1-4-16-7-5-9-18(11-16)26-21-20-14(2)15(3)27(22(20)25-13-24-21)19-10-6-8-17(23)12-19/h5-13H,4H2,1-3H3,(H,24,25,26). The van der Waals surface area contributed by atoms with Crippen molar-refractivity contribution in [2.45, 2.75) is 27.2 Å². The average molecular weight is 377 g/mol. The van der Waals surface area contributed by atoms with Gasteiger partial charge in [0.15, 0.2) is 5.65 Å². The van der Waals surface area contributed by atoms with Crippen LogP contribution in [0.1, 0.15) is 23.7 Å². The van der Waals surface area contributed by atoms with E-state index < -0.39 is 0 Å². The van der Waals surface area contributed by atoms with E-state index in [4.69, 9.17) is 11.6 Å². The molecule has 0 bridgehead atoms. The second-order valence-electron chi connectivity index (χ2n) is 6.63. The molecular weight excluding hydrogens is 356 g/mol. The van der Waals surface area contributed by atoms with Crippen LogP contribution in [0.3, 0.4) is 0 Å². The first-order valence-electron chi connectivity index (χ1n) is 9.03. The number of rotatable bonds is 4. The van der Waals surface area contributed by atoms with E-state index in [2.05, 4.69) is 64.9 Å². The molecule has 0 saturated heterocycles. The molecule has 5 heteroatoms. The average Bonchev–Trinajstić information content (AvgIpc) is 2.93. The zero-order chi connectivity index (χ0) is 19.0. The molecule has 0 fully saturated rings. The molecule has 0 saturated carbocycles. The van der Waals surface area contributed by atoms with E-state index in [1.165, 1.54) is 5.56 Å². The minimum atomic E-state index is 0.704. The van der Waals surface area contributed by atoms with Gasteiger partial charge in [-0.05, 0) is 61.7 Å². The molecule has 0 spiro atoms. The van der Waals surface area contributed by atoms with Gasteiger partial charge in [-0.15, -0.1) is 0 Å². The summed E-state index contributed by atoms with van der Waals surface area (Å²) in [4.78, 5) is 9.10. The Bertz CT molecular complexity index is 1130. The molecule has 1 N–H and O–H groups in total. The Hall–Kier alpha value is -2.85. The highest BCUT2D eigenvalue weighted by atomic mass is 35.5. The number of benzene rings is 2. The lowest BCUT2D eigenvalue weighted by atomic mass is 10.1. The Morgan fingerprint density at radius 1 is 1.04 bits per heavy atom. The molecule has 2 heterocycles. The van der Waals surface area contributed by atoms with E-state index >= 15 is 0 Å². The van der Waals surface area contributed by atoms with Crippen molar-refractivity contribution in [2.75, 3.05) is 5.32 Å². The van der Waals surface area contributed by atoms with E-state index in [1.807, 2.05) is 24.3 Å². The van der Waals surface area contributed by atoms with Crippen LogP contribution in [0.4, 0.5) is 11.5 Å². The molecule has 4 aromatic rings. The summed E-state index contributed by atoms with van der Waals surface area (Å²) in [7, 11) is 0. The first-order chi connectivity index (χ1) is 13.1. The van der Waals surface area contributed by atoms with Gasteiger partial charge in [0.25, 0.3) is 0 Å². The number of nitrogens with one attached hydrogen (secondary N) is 1. The lowest BCUT2D eigenvalue weighted by Crippen LogP contribution is -1.99. The van der Waals surface area contributed by atoms with Crippen LogP contribution in [-0.4, -0.2) is 14.5 Å². The van der Waals surface area contributed by atoms with Gasteiger partial charge in [0.2, 0.25) is 0 Å². The molecule has 0 aliphatic carbocycles. The molecule has 4 rings (SSSR count). The van der Waals surface area contributed by atoms with Crippen molar-refractivity contribution in [1.29, 1.82) is 0 Å². The van der Waals surface area contributed by atoms with Gasteiger partial charge in [0.1, 0.15) is 12.1 Å². The molecule has 2 aromatic carbocycles. The predicted molar refractivity (Wildman–Crippen MR) is 112 cm³/mol. The van der Waals surface area contributed by atoms with Gasteiger partial charge in [0.05, 0.1) is 5.39 Å². The largest absolute Gasteiger partial charge is 0.340 e. The van der Waals surface area contributed by atoms with Crippen molar-refractivity contribution in [1.82, 2.24) is 14.5 Å². The quantitative estimate of drug-likeness (QED) is 0.475. The molecule has 0 unspecified atom stereocenters. The van der Waals surface area contributed by atoms with Crippen LogP contribution in [0.2, 0.25) is 5.02 Å². The zero-order valence-corrected chi connectivity index (χ0v) is 16.4. The van der Waals surface area contributed by atoms with Crippen LogP contribution in [0, 0.1) is 13.8 Å². The summed E-state index contributed by atoms with van der Waals surface area (Å²) in [6, 6.07) is 16.2. The van der Waals surface area contributed by atoms with Crippen molar-refractivity contribution in [3.63, 3.8) is 0 Å². The smallest absolute Gasteiger partial charge is 0.150 e. The fourth-order valence-electron chi connectivity index (χ4n) is 3.43. The third-order valence-electron chi connectivity index (χ3n) is 4.96. The van der Waals surface area contributed by atoms with E-state index in [9.17, 15) is 0 Å². The summed E-state index contributed by atoms with van der Waals surface area (Å²) in [5, 5.41) is 5.20. The minimum absolute atomic E-state index is 0.704. The molecule has 0 aliphatic rings. The highest BCUT2D eigenvalue weighted by Gasteiger charge is 2.18. The summed E-state index contributed by atoms with van der Waals surface area (Å²) in [5.41, 5.74) is 6.46. The second kappa shape index (κ2) is 7.05. The summed E-state index contributed by atoms with van der Waals surface area (Å²) >= 11 is 6.21. The van der Waals surface area contributed by atoms with Gasteiger partial charge < -0.3 is 5.32 Å². The lowest BCUT2D eigenvalue weighted by molar-refractivity contribution is 1.01. The zero-order valence-electron chi connectivity index (χ0n) is 15.6. The summed E-state index contributed by atoms with van der Waals surface area (Å²) in [6.45, 7) is 6.36. The maximum atomic E-state index is 6.21. The van der Waals surface area contributed by atoms with Crippen molar-refractivity contribution in [3.8, 4) is 5.69 Å². The van der Waals surface area contributed by atoms with Crippen LogP contribution >= 0.6 is 11.6 Å². The maximum Gasteiger partial charge on any atom is 0.150 e. The molecule has 4 nitrogen and oxygen atoms in total. The highest BCUT2D eigenvalue weighted by Crippen LogP contribution is 2.33. The first-order valence-corrected chi connectivity index (χ1v) is 9.40. The van der Waals surface area contributed by atoms with Crippen molar-refractivity contribution in [3.05, 3.63) is 76.7 Å². The normalized spacial score (nSPS) is 11.1. The Labute approximate surface area is 163 Å². The van der Waals surface area contributed by atoms with Crippen LogP contribution < -0.4 is 5.32 Å². The molecule has 0 aliphatic heterocycles. The summed E-state index contributed by atoms with van der Waals surface area (Å²) in [5.74, 6) is 0.814. The van der Waals surface area contributed by atoms with Gasteiger partial charge in [-0.3, -0.25) is 4.57 Å². The number of fused-ring (bicyclic) bond motifs is 1. The van der Waals surface area contributed by atoms with Crippen molar-refractivity contribution >= 4 is 34.1 Å². The molecular formula is C22H21ClN4. The van der Waals surface area contributed by atoms with Crippen LogP contribution in [0.25, 0.3) is 16.7 Å². The van der Waals surface area contributed by atoms with Crippen LogP contribution in [0.15, 0.2) is 54.9 Å². The first kappa shape index (κ1) is 17.6. The number of anilines is 2. The highest BCUT2D eigenvalue weighted by molar-refractivity contribution is 6.30. The molecule has 0 amide bonds. The summed E-state index contributed by atoms with van der Waals surface area (Å²) < 4.78 is 2.13. The monoisotopic (exact) mass is 376 g/mol. The number of hydrogen-bond acceptors (Lipinski definition) is 3.